The maximum atomic E-state index is 12.9. The van der Waals surface area contributed by atoms with Crippen LogP contribution in [-0.4, -0.2) is 36.3 Å². The number of nitrogens with zero attached hydrogens (tertiary/aromatic N) is 2. The first kappa shape index (κ1) is 17.5. The first-order valence-electron chi connectivity index (χ1n) is 8.66. The largest absolute Gasteiger partial charge is 0.342 e. The van der Waals surface area contributed by atoms with Gasteiger partial charge in [-0.25, -0.2) is 0 Å². The number of halogens is 1. The van der Waals surface area contributed by atoms with Crippen molar-refractivity contribution in [3.63, 3.8) is 0 Å². The molecule has 0 aliphatic carbocycles. The zero-order valence-corrected chi connectivity index (χ0v) is 16.2. The van der Waals surface area contributed by atoms with Crippen molar-refractivity contribution in [1.82, 2.24) is 4.90 Å². The van der Waals surface area contributed by atoms with Crippen LogP contribution in [0.2, 0.25) is 0 Å². The second-order valence-corrected chi connectivity index (χ2v) is 8.75. The SMILES string of the molecule is CC(C)(C)C(=O)N1CCC(C(=O)N2CCc3cc(Br)ccc32)CC1. The van der Waals surface area contributed by atoms with Gasteiger partial charge in [0.25, 0.3) is 0 Å². The molecule has 1 fully saturated rings. The molecule has 1 saturated heterocycles. The Morgan fingerprint density at radius 2 is 1.79 bits per heavy atom. The quantitative estimate of drug-likeness (QED) is 0.731. The van der Waals surface area contributed by atoms with Gasteiger partial charge in [-0.3, -0.25) is 9.59 Å². The summed E-state index contributed by atoms with van der Waals surface area (Å²) in [5.74, 6) is 0.437. The molecule has 24 heavy (non-hydrogen) atoms. The Labute approximate surface area is 152 Å². The number of benzene rings is 1. The summed E-state index contributed by atoms with van der Waals surface area (Å²) in [6.45, 7) is 8.00. The molecule has 0 radical (unpaired) electrons. The van der Waals surface area contributed by atoms with E-state index in [0.717, 1.165) is 36.0 Å². The molecule has 0 saturated carbocycles. The van der Waals surface area contributed by atoms with Gasteiger partial charge in [0.15, 0.2) is 0 Å². The number of carbonyl (C=O) groups excluding carboxylic acids is 2. The average molecular weight is 393 g/mol. The van der Waals surface area contributed by atoms with Gasteiger partial charge < -0.3 is 9.80 Å². The zero-order valence-electron chi connectivity index (χ0n) is 14.6. The molecule has 0 N–H and O–H groups in total. The summed E-state index contributed by atoms with van der Waals surface area (Å²) in [6.07, 6.45) is 2.45. The molecule has 130 valence electrons. The maximum absolute atomic E-state index is 12.9. The normalized spacial score (nSPS) is 18.7. The monoisotopic (exact) mass is 392 g/mol. The van der Waals surface area contributed by atoms with Crippen molar-refractivity contribution >= 4 is 33.4 Å². The van der Waals surface area contributed by atoms with Crippen molar-refractivity contribution in [2.45, 2.75) is 40.0 Å². The van der Waals surface area contributed by atoms with E-state index in [2.05, 4.69) is 22.0 Å². The lowest BCUT2D eigenvalue weighted by molar-refractivity contribution is -0.142. The first-order valence-corrected chi connectivity index (χ1v) is 9.46. The third kappa shape index (κ3) is 3.37. The molecule has 5 heteroatoms. The lowest BCUT2D eigenvalue weighted by atomic mass is 9.90. The summed E-state index contributed by atoms with van der Waals surface area (Å²) in [4.78, 5) is 29.2. The Morgan fingerprint density at radius 1 is 1.12 bits per heavy atom. The van der Waals surface area contributed by atoms with E-state index in [4.69, 9.17) is 0 Å². The van der Waals surface area contributed by atoms with Crippen LogP contribution < -0.4 is 4.90 Å². The van der Waals surface area contributed by atoms with Crippen LogP contribution in [0.5, 0.6) is 0 Å². The predicted molar refractivity (Wildman–Crippen MR) is 99.0 cm³/mol. The predicted octanol–water partition coefficient (Wildman–Crippen LogP) is 3.62. The molecule has 0 unspecified atom stereocenters. The van der Waals surface area contributed by atoms with Gasteiger partial charge in [0.05, 0.1) is 0 Å². The van der Waals surface area contributed by atoms with E-state index in [1.54, 1.807) is 0 Å². The zero-order chi connectivity index (χ0) is 17.5. The van der Waals surface area contributed by atoms with Crippen molar-refractivity contribution < 1.29 is 9.59 Å². The average Bonchev–Trinajstić information content (AvgIpc) is 2.95. The summed E-state index contributed by atoms with van der Waals surface area (Å²) in [5.41, 5.74) is 1.94. The van der Waals surface area contributed by atoms with Crippen molar-refractivity contribution in [3.8, 4) is 0 Å². The molecular weight excluding hydrogens is 368 g/mol. The second-order valence-electron chi connectivity index (χ2n) is 7.83. The molecule has 2 aliphatic heterocycles. The second kappa shape index (κ2) is 6.51. The van der Waals surface area contributed by atoms with Gasteiger partial charge in [-0.05, 0) is 43.0 Å². The number of hydrogen-bond donors (Lipinski definition) is 0. The van der Waals surface area contributed by atoms with E-state index >= 15 is 0 Å². The molecule has 0 bridgehead atoms. The van der Waals surface area contributed by atoms with Gasteiger partial charge >= 0.3 is 0 Å². The van der Waals surface area contributed by atoms with Crippen molar-refractivity contribution in [2.75, 3.05) is 24.5 Å². The standard InChI is InChI=1S/C19H25BrN2O2/c1-19(2,3)18(24)21-9-6-13(7-10-21)17(23)22-11-8-14-12-15(20)4-5-16(14)22/h4-5,12-13H,6-11H2,1-3H3. The van der Waals surface area contributed by atoms with Crippen molar-refractivity contribution in [1.29, 1.82) is 0 Å². The number of fused-ring (bicyclic) bond motifs is 1. The highest BCUT2D eigenvalue weighted by Crippen LogP contribution is 2.33. The number of carbonyl (C=O) groups is 2. The summed E-state index contributed by atoms with van der Waals surface area (Å²) >= 11 is 3.49. The van der Waals surface area contributed by atoms with E-state index in [-0.39, 0.29) is 23.1 Å². The van der Waals surface area contributed by atoms with Crippen LogP contribution >= 0.6 is 15.9 Å². The van der Waals surface area contributed by atoms with Crippen LogP contribution in [0, 0.1) is 11.3 Å². The highest BCUT2D eigenvalue weighted by Gasteiger charge is 2.35. The minimum Gasteiger partial charge on any atom is -0.342 e. The molecule has 2 aliphatic rings. The van der Waals surface area contributed by atoms with E-state index in [0.29, 0.717) is 13.1 Å². The molecule has 4 nitrogen and oxygen atoms in total. The van der Waals surface area contributed by atoms with Gasteiger partial charge in [-0.2, -0.15) is 0 Å². The number of piperidine rings is 1. The molecule has 2 amide bonds. The van der Waals surface area contributed by atoms with E-state index in [1.807, 2.05) is 42.7 Å². The molecule has 0 aromatic heterocycles. The molecular formula is C19H25BrN2O2. The maximum Gasteiger partial charge on any atom is 0.230 e. The van der Waals surface area contributed by atoms with Crippen LogP contribution in [0.1, 0.15) is 39.2 Å². The van der Waals surface area contributed by atoms with Gasteiger partial charge in [-0.1, -0.05) is 36.7 Å². The van der Waals surface area contributed by atoms with E-state index in [9.17, 15) is 9.59 Å². The molecule has 0 spiro atoms. The summed E-state index contributed by atoms with van der Waals surface area (Å²) < 4.78 is 1.06. The Hall–Kier alpha value is -1.36. The topological polar surface area (TPSA) is 40.6 Å². The molecule has 1 aromatic rings. The highest BCUT2D eigenvalue weighted by atomic mass is 79.9. The van der Waals surface area contributed by atoms with Gasteiger partial charge in [0, 0.05) is 41.1 Å². The Balaban J connectivity index is 1.64. The van der Waals surface area contributed by atoms with Crippen molar-refractivity contribution in [3.05, 3.63) is 28.2 Å². The minimum atomic E-state index is -0.349. The third-order valence-corrected chi connectivity index (χ3v) is 5.47. The van der Waals surface area contributed by atoms with Gasteiger partial charge in [-0.15, -0.1) is 0 Å². The number of hydrogen-bond acceptors (Lipinski definition) is 2. The van der Waals surface area contributed by atoms with Crippen LogP contribution in [0.15, 0.2) is 22.7 Å². The fraction of sp³-hybridized carbons (Fsp3) is 0.579. The number of amides is 2. The van der Waals surface area contributed by atoms with Crippen LogP contribution in [0.3, 0.4) is 0 Å². The third-order valence-electron chi connectivity index (χ3n) is 4.98. The van der Waals surface area contributed by atoms with E-state index < -0.39 is 0 Å². The van der Waals surface area contributed by atoms with Crippen LogP contribution in [0.25, 0.3) is 0 Å². The summed E-state index contributed by atoms with van der Waals surface area (Å²) in [5, 5.41) is 0. The van der Waals surface area contributed by atoms with E-state index in [1.165, 1.54) is 5.56 Å². The Kier molecular flexibility index (Phi) is 4.73. The van der Waals surface area contributed by atoms with Gasteiger partial charge in [0.2, 0.25) is 11.8 Å². The molecule has 0 atom stereocenters. The molecule has 3 rings (SSSR count). The van der Waals surface area contributed by atoms with Crippen LogP contribution in [0.4, 0.5) is 5.69 Å². The first-order chi connectivity index (χ1) is 11.3. The number of likely N-dealkylation sites (tertiary alicyclic amines) is 1. The minimum absolute atomic E-state index is 0.0311. The fourth-order valence-electron chi connectivity index (χ4n) is 3.62. The summed E-state index contributed by atoms with van der Waals surface area (Å²) in [7, 11) is 0. The number of rotatable bonds is 1. The lowest BCUT2D eigenvalue weighted by Crippen LogP contribution is -2.47. The molecule has 2 heterocycles. The highest BCUT2D eigenvalue weighted by molar-refractivity contribution is 9.10. The molecule has 1 aromatic carbocycles. The fourth-order valence-corrected chi connectivity index (χ4v) is 4.03. The lowest BCUT2D eigenvalue weighted by Gasteiger charge is -2.36. The van der Waals surface area contributed by atoms with Crippen molar-refractivity contribution in [2.24, 2.45) is 11.3 Å². The number of anilines is 1. The Bertz CT molecular complexity index is 658. The smallest absolute Gasteiger partial charge is 0.230 e. The Morgan fingerprint density at radius 3 is 2.42 bits per heavy atom. The van der Waals surface area contributed by atoms with Crippen LogP contribution in [-0.2, 0) is 16.0 Å². The van der Waals surface area contributed by atoms with Gasteiger partial charge in [0.1, 0.15) is 0 Å². The summed E-state index contributed by atoms with van der Waals surface area (Å²) in [6, 6.07) is 6.13.